The number of rotatable bonds is 1. The first-order valence-electron chi connectivity index (χ1n) is 4.96. The lowest BCUT2D eigenvalue weighted by Gasteiger charge is -2.23. The van der Waals surface area contributed by atoms with Crippen molar-refractivity contribution in [3.05, 3.63) is 29.6 Å². The monoisotopic (exact) mass is 195 g/mol. The maximum Gasteiger partial charge on any atom is 0.123 e. The number of benzene rings is 1. The molecule has 0 unspecified atom stereocenters. The molecule has 1 heterocycles. The summed E-state index contributed by atoms with van der Waals surface area (Å²) >= 11 is 0. The van der Waals surface area contributed by atoms with Gasteiger partial charge in [-0.2, -0.15) is 0 Å². The normalized spacial score (nSPS) is 18.4. The minimum Gasteiger partial charge on any atom is -0.508 e. The van der Waals surface area contributed by atoms with Crippen LogP contribution in [-0.4, -0.2) is 18.2 Å². The third-order valence-corrected chi connectivity index (χ3v) is 2.77. The number of phenols is 1. The maximum atomic E-state index is 13.0. The standard InChI is InChI=1S/C11H14FNO/c12-9-1-2-11(14)10(7-9)8-3-5-13-6-4-8/h1-2,7-8,13-14H,3-6H2. The van der Waals surface area contributed by atoms with Crippen molar-refractivity contribution in [2.75, 3.05) is 13.1 Å². The highest BCUT2D eigenvalue weighted by Crippen LogP contribution is 2.32. The lowest BCUT2D eigenvalue weighted by Crippen LogP contribution is -2.26. The molecule has 76 valence electrons. The Morgan fingerprint density at radius 1 is 1.29 bits per heavy atom. The Kier molecular flexibility index (Phi) is 2.68. The lowest BCUT2D eigenvalue weighted by molar-refractivity contribution is 0.422. The summed E-state index contributed by atoms with van der Waals surface area (Å²) in [7, 11) is 0. The molecule has 0 aliphatic carbocycles. The molecule has 1 fully saturated rings. The summed E-state index contributed by atoms with van der Waals surface area (Å²) in [5.74, 6) is 0.251. The molecule has 2 N–H and O–H groups in total. The van der Waals surface area contributed by atoms with Gasteiger partial charge < -0.3 is 10.4 Å². The lowest BCUT2D eigenvalue weighted by atomic mass is 9.89. The molecular weight excluding hydrogens is 181 g/mol. The van der Waals surface area contributed by atoms with Gasteiger partial charge in [0, 0.05) is 0 Å². The van der Waals surface area contributed by atoms with Gasteiger partial charge in [0.05, 0.1) is 0 Å². The molecule has 2 nitrogen and oxygen atoms in total. The minimum atomic E-state index is -0.267. The number of piperidine rings is 1. The van der Waals surface area contributed by atoms with Crippen molar-refractivity contribution >= 4 is 0 Å². The second kappa shape index (κ2) is 3.96. The van der Waals surface area contributed by atoms with Crippen LogP contribution in [0.4, 0.5) is 4.39 Å². The van der Waals surface area contributed by atoms with Gasteiger partial charge in [-0.15, -0.1) is 0 Å². The van der Waals surface area contributed by atoms with Crippen LogP contribution in [0, 0.1) is 5.82 Å². The van der Waals surface area contributed by atoms with Gasteiger partial charge in [0.25, 0.3) is 0 Å². The first kappa shape index (κ1) is 9.46. The molecule has 3 heteroatoms. The van der Waals surface area contributed by atoms with Crippen LogP contribution in [0.15, 0.2) is 18.2 Å². The van der Waals surface area contributed by atoms with Gasteiger partial charge >= 0.3 is 0 Å². The number of aromatic hydroxyl groups is 1. The molecule has 0 spiro atoms. The van der Waals surface area contributed by atoms with E-state index in [4.69, 9.17) is 0 Å². The number of hydrogen-bond acceptors (Lipinski definition) is 2. The minimum absolute atomic E-state index is 0.221. The Morgan fingerprint density at radius 2 is 2.00 bits per heavy atom. The number of nitrogens with one attached hydrogen (secondary N) is 1. The van der Waals surface area contributed by atoms with Crippen molar-refractivity contribution in [3.63, 3.8) is 0 Å². The molecule has 0 amide bonds. The van der Waals surface area contributed by atoms with Crippen LogP contribution in [0.25, 0.3) is 0 Å². The molecule has 1 aliphatic heterocycles. The predicted octanol–water partition coefficient (Wildman–Crippen LogP) is 2.00. The van der Waals surface area contributed by atoms with Gasteiger partial charge in [-0.3, -0.25) is 0 Å². The Morgan fingerprint density at radius 3 is 2.71 bits per heavy atom. The van der Waals surface area contributed by atoms with Crippen molar-refractivity contribution in [2.45, 2.75) is 18.8 Å². The van der Waals surface area contributed by atoms with Gasteiger partial charge in [-0.05, 0) is 55.6 Å². The fourth-order valence-electron chi connectivity index (χ4n) is 1.99. The fourth-order valence-corrected chi connectivity index (χ4v) is 1.99. The van der Waals surface area contributed by atoms with E-state index in [1.54, 1.807) is 0 Å². The highest BCUT2D eigenvalue weighted by Gasteiger charge is 2.18. The fraction of sp³-hybridized carbons (Fsp3) is 0.455. The molecule has 0 aromatic heterocycles. The number of halogens is 1. The third-order valence-electron chi connectivity index (χ3n) is 2.77. The van der Waals surface area contributed by atoms with Gasteiger partial charge in [-0.25, -0.2) is 4.39 Å². The number of hydrogen-bond donors (Lipinski definition) is 2. The molecule has 0 atom stereocenters. The van der Waals surface area contributed by atoms with E-state index in [1.165, 1.54) is 18.2 Å². The van der Waals surface area contributed by atoms with E-state index in [2.05, 4.69) is 5.32 Å². The molecule has 1 aliphatic rings. The van der Waals surface area contributed by atoms with Crippen LogP contribution >= 0.6 is 0 Å². The Balaban J connectivity index is 2.24. The van der Waals surface area contributed by atoms with Gasteiger partial charge in [-0.1, -0.05) is 0 Å². The highest BCUT2D eigenvalue weighted by atomic mass is 19.1. The molecule has 2 rings (SSSR count). The molecule has 14 heavy (non-hydrogen) atoms. The first-order chi connectivity index (χ1) is 6.77. The van der Waals surface area contributed by atoms with E-state index >= 15 is 0 Å². The van der Waals surface area contributed by atoms with Crippen molar-refractivity contribution in [1.29, 1.82) is 0 Å². The average molecular weight is 195 g/mol. The first-order valence-corrected chi connectivity index (χ1v) is 4.96. The Hall–Kier alpha value is -1.09. The summed E-state index contributed by atoms with van der Waals surface area (Å²) in [6.45, 7) is 1.89. The van der Waals surface area contributed by atoms with Crippen LogP contribution in [0.2, 0.25) is 0 Å². The smallest absolute Gasteiger partial charge is 0.123 e. The molecule has 0 bridgehead atoms. The van der Waals surface area contributed by atoms with Crippen LogP contribution in [0.5, 0.6) is 5.75 Å². The summed E-state index contributed by atoms with van der Waals surface area (Å²) in [4.78, 5) is 0. The predicted molar refractivity (Wildman–Crippen MR) is 52.9 cm³/mol. The zero-order chi connectivity index (χ0) is 9.97. The van der Waals surface area contributed by atoms with E-state index in [-0.39, 0.29) is 11.6 Å². The van der Waals surface area contributed by atoms with Gasteiger partial charge in [0.15, 0.2) is 0 Å². The highest BCUT2D eigenvalue weighted by molar-refractivity contribution is 5.35. The van der Waals surface area contributed by atoms with E-state index in [1.807, 2.05) is 0 Å². The van der Waals surface area contributed by atoms with Crippen LogP contribution in [0.3, 0.4) is 0 Å². The van der Waals surface area contributed by atoms with Gasteiger partial charge in [0.1, 0.15) is 11.6 Å². The van der Waals surface area contributed by atoms with Crippen LogP contribution in [-0.2, 0) is 0 Å². The summed E-state index contributed by atoms with van der Waals surface area (Å²) in [5, 5.41) is 12.8. The largest absolute Gasteiger partial charge is 0.508 e. The van der Waals surface area contributed by atoms with Gasteiger partial charge in [0.2, 0.25) is 0 Å². The van der Waals surface area contributed by atoms with E-state index in [9.17, 15) is 9.50 Å². The Bertz CT molecular complexity index is 321. The Labute approximate surface area is 82.8 Å². The van der Waals surface area contributed by atoms with E-state index in [0.717, 1.165) is 31.5 Å². The molecular formula is C11H14FNO. The molecule has 1 aromatic rings. The average Bonchev–Trinajstić information content (AvgIpc) is 2.23. The second-order valence-electron chi connectivity index (χ2n) is 3.73. The van der Waals surface area contributed by atoms with Crippen molar-refractivity contribution < 1.29 is 9.50 Å². The summed E-state index contributed by atoms with van der Waals surface area (Å²) < 4.78 is 13.0. The number of phenolic OH excluding ortho intramolecular Hbond substituents is 1. The zero-order valence-electron chi connectivity index (χ0n) is 7.96. The van der Waals surface area contributed by atoms with Crippen molar-refractivity contribution in [1.82, 2.24) is 5.32 Å². The summed E-state index contributed by atoms with van der Waals surface area (Å²) in [6.07, 6.45) is 1.94. The van der Waals surface area contributed by atoms with Crippen molar-refractivity contribution in [2.24, 2.45) is 0 Å². The zero-order valence-corrected chi connectivity index (χ0v) is 7.96. The molecule has 1 saturated heterocycles. The molecule has 0 saturated carbocycles. The second-order valence-corrected chi connectivity index (χ2v) is 3.73. The summed E-state index contributed by atoms with van der Waals surface area (Å²) in [5.41, 5.74) is 0.756. The third kappa shape index (κ3) is 1.87. The molecule has 0 radical (unpaired) electrons. The summed E-state index contributed by atoms with van der Waals surface area (Å²) in [6, 6.07) is 4.18. The quantitative estimate of drug-likeness (QED) is 0.718. The van der Waals surface area contributed by atoms with Crippen LogP contribution in [0.1, 0.15) is 24.3 Å². The van der Waals surface area contributed by atoms with E-state index in [0.29, 0.717) is 5.92 Å². The maximum absolute atomic E-state index is 13.0. The van der Waals surface area contributed by atoms with Crippen molar-refractivity contribution in [3.8, 4) is 5.75 Å². The molecule has 1 aromatic carbocycles. The topological polar surface area (TPSA) is 32.3 Å². The van der Waals surface area contributed by atoms with Crippen LogP contribution < -0.4 is 5.32 Å². The SMILES string of the molecule is Oc1ccc(F)cc1C1CCNCC1. The van der Waals surface area contributed by atoms with E-state index < -0.39 is 0 Å².